The Bertz CT molecular complexity index is 478. The molecule has 0 amide bonds. The van der Waals surface area contributed by atoms with Crippen LogP contribution in [0, 0.1) is 12.7 Å². The van der Waals surface area contributed by atoms with Crippen molar-refractivity contribution < 1.29 is 9.29 Å². The number of likely N-dealkylation sites (N-methyl/N-ethyl adjacent to an activating group) is 1. The lowest BCUT2D eigenvalue weighted by atomic mass is 10.2. The van der Waals surface area contributed by atoms with Crippen LogP contribution in [0.25, 0.3) is 0 Å². The van der Waals surface area contributed by atoms with E-state index in [2.05, 4.69) is 17.6 Å². The molecule has 1 aromatic rings. The van der Waals surface area contributed by atoms with E-state index in [0.717, 1.165) is 13.1 Å². The number of rotatable bonds is 4. The molecule has 0 radical (unpaired) electrons. The van der Waals surface area contributed by atoms with Gasteiger partial charge >= 0.3 is 0 Å². The van der Waals surface area contributed by atoms with Crippen LogP contribution in [0.3, 0.4) is 0 Å². The Morgan fingerprint density at radius 1 is 1.50 bits per heavy atom. The summed E-state index contributed by atoms with van der Waals surface area (Å²) in [7, 11) is 0. The Balaban J connectivity index is 1.81. The maximum absolute atomic E-state index is 13.5. The smallest absolute Gasteiger partial charge is 0.170 e. The second-order valence-electron chi connectivity index (χ2n) is 5.40. The first-order chi connectivity index (χ1) is 9.60. The Labute approximate surface area is 125 Å². The molecule has 1 aromatic carbocycles. The second-order valence-corrected chi connectivity index (χ2v) is 5.81. The van der Waals surface area contributed by atoms with Crippen LogP contribution in [0.4, 0.5) is 10.1 Å². The summed E-state index contributed by atoms with van der Waals surface area (Å²) in [6.07, 6.45) is 2.54. The van der Waals surface area contributed by atoms with Crippen molar-refractivity contribution in [1.82, 2.24) is 5.32 Å². The van der Waals surface area contributed by atoms with Gasteiger partial charge in [0.15, 0.2) is 5.11 Å². The summed E-state index contributed by atoms with van der Waals surface area (Å²) >= 11 is 5.27. The lowest BCUT2D eigenvalue weighted by Gasteiger charge is -2.21. The molecule has 2 atom stereocenters. The Kier molecular flexibility index (Phi) is 5.31. The minimum atomic E-state index is -0.213. The normalized spacial score (nSPS) is 21.8. The maximum Gasteiger partial charge on any atom is 0.170 e. The minimum Gasteiger partial charge on any atom is -0.356 e. The van der Waals surface area contributed by atoms with E-state index in [1.54, 1.807) is 17.9 Å². The first kappa shape index (κ1) is 15.2. The molecular formula is C15H23FN3S+. The Morgan fingerprint density at radius 3 is 3.00 bits per heavy atom. The number of hydrogen-bond donors (Lipinski definition) is 3. The molecule has 2 rings (SSSR count). The number of hydrogen-bond acceptors (Lipinski definition) is 1. The molecule has 0 aliphatic carbocycles. The first-order valence-corrected chi connectivity index (χ1v) is 7.66. The van der Waals surface area contributed by atoms with Crippen LogP contribution in [0.15, 0.2) is 18.2 Å². The molecule has 5 heteroatoms. The van der Waals surface area contributed by atoms with E-state index < -0.39 is 0 Å². The second kappa shape index (κ2) is 6.99. The highest BCUT2D eigenvalue weighted by Gasteiger charge is 2.26. The highest BCUT2D eigenvalue weighted by atomic mass is 32.1. The van der Waals surface area contributed by atoms with E-state index >= 15 is 0 Å². The van der Waals surface area contributed by atoms with Crippen LogP contribution in [0.5, 0.6) is 0 Å². The van der Waals surface area contributed by atoms with Gasteiger partial charge in [-0.15, -0.1) is 0 Å². The van der Waals surface area contributed by atoms with Gasteiger partial charge in [0, 0.05) is 18.5 Å². The third kappa shape index (κ3) is 3.90. The number of quaternary nitrogens is 1. The van der Waals surface area contributed by atoms with Crippen LogP contribution >= 0.6 is 12.2 Å². The molecule has 1 unspecified atom stereocenters. The van der Waals surface area contributed by atoms with E-state index in [9.17, 15) is 4.39 Å². The molecule has 20 heavy (non-hydrogen) atoms. The van der Waals surface area contributed by atoms with Crippen LogP contribution in [0.2, 0.25) is 0 Å². The topological polar surface area (TPSA) is 28.5 Å². The van der Waals surface area contributed by atoms with Gasteiger partial charge < -0.3 is 15.5 Å². The van der Waals surface area contributed by atoms with E-state index in [-0.39, 0.29) is 5.82 Å². The van der Waals surface area contributed by atoms with Crippen molar-refractivity contribution in [3.05, 3.63) is 29.6 Å². The molecular weight excluding hydrogens is 273 g/mol. The van der Waals surface area contributed by atoms with Gasteiger partial charge in [0.25, 0.3) is 0 Å². The van der Waals surface area contributed by atoms with Crippen molar-refractivity contribution in [2.45, 2.75) is 32.7 Å². The first-order valence-electron chi connectivity index (χ1n) is 7.25. The van der Waals surface area contributed by atoms with Gasteiger partial charge in [0.2, 0.25) is 0 Å². The van der Waals surface area contributed by atoms with Crippen molar-refractivity contribution >= 4 is 23.0 Å². The van der Waals surface area contributed by atoms with E-state index in [1.807, 2.05) is 6.07 Å². The van der Waals surface area contributed by atoms with Crippen molar-refractivity contribution in [3.8, 4) is 0 Å². The fourth-order valence-corrected chi connectivity index (χ4v) is 2.96. The van der Waals surface area contributed by atoms with E-state index in [0.29, 0.717) is 22.4 Å². The maximum atomic E-state index is 13.5. The molecule has 0 saturated carbocycles. The predicted molar refractivity (Wildman–Crippen MR) is 84.8 cm³/mol. The molecule has 1 saturated heterocycles. The average molecular weight is 296 g/mol. The van der Waals surface area contributed by atoms with Gasteiger partial charge in [0.1, 0.15) is 11.9 Å². The summed E-state index contributed by atoms with van der Waals surface area (Å²) < 4.78 is 13.5. The highest BCUT2D eigenvalue weighted by Crippen LogP contribution is 2.13. The van der Waals surface area contributed by atoms with Crippen LogP contribution in [-0.4, -0.2) is 30.8 Å². The zero-order chi connectivity index (χ0) is 14.5. The van der Waals surface area contributed by atoms with Crippen LogP contribution < -0.4 is 15.5 Å². The van der Waals surface area contributed by atoms with Gasteiger partial charge in [0.05, 0.1) is 19.6 Å². The number of halogens is 1. The Hall–Kier alpha value is -1.20. The lowest BCUT2D eigenvalue weighted by Crippen LogP contribution is -3.14. The third-order valence-corrected chi connectivity index (χ3v) is 4.27. The largest absolute Gasteiger partial charge is 0.356 e. The van der Waals surface area contributed by atoms with Crippen molar-refractivity contribution in [2.24, 2.45) is 0 Å². The summed E-state index contributed by atoms with van der Waals surface area (Å²) in [6, 6.07) is 5.70. The zero-order valence-corrected chi connectivity index (χ0v) is 12.9. The van der Waals surface area contributed by atoms with Gasteiger partial charge in [-0.25, -0.2) is 4.39 Å². The summed E-state index contributed by atoms with van der Waals surface area (Å²) in [6.45, 7) is 7.27. The summed E-state index contributed by atoms with van der Waals surface area (Å²) in [5, 5.41) is 6.85. The number of anilines is 1. The molecule has 1 fully saturated rings. The molecule has 110 valence electrons. The van der Waals surface area contributed by atoms with Crippen molar-refractivity contribution in [1.29, 1.82) is 0 Å². The summed E-state index contributed by atoms with van der Waals surface area (Å²) in [4.78, 5) is 1.64. The number of benzene rings is 1. The van der Waals surface area contributed by atoms with Crippen molar-refractivity contribution in [3.63, 3.8) is 0 Å². The predicted octanol–water partition coefficient (Wildman–Crippen LogP) is 1.49. The molecule has 0 aromatic heterocycles. The molecule has 0 bridgehead atoms. The Morgan fingerprint density at radius 2 is 2.30 bits per heavy atom. The quantitative estimate of drug-likeness (QED) is 0.735. The number of nitrogens with one attached hydrogen (secondary N) is 3. The van der Waals surface area contributed by atoms with Crippen LogP contribution in [0.1, 0.15) is 25.3 Å². The van der Waals surface area contributed by atoms with E-state index in [4.69, 9.17) is 12.2 Å². The molecule has 1 aliphatic heterocycles. The third-order valence-electron chi connectivity index (χ3n) is 4.02. The molecule has 3 N–H and O–H groups in total. The van der Waals surface area contributed by atoms with Crippen molar-refractivity contribution in [2.75, 3.05) is 25.0 Å². The van der Waals surface area contributed by atoms with Gasteiger partial charge in [-0.2, -0.15) is 0 Å². The molecule has 1 heterocycles. The zero-order valence-electron chi connectivity index (χ0n) is 12.1. The average Bonchev–Trinajstić information content (AvgIpc) is 2.88. The number of aryl methyl sites for hydroxylation is 1. The summed E-state index contributed by atoms with van der Waals surface area (Å²) in [5.74, 6) is -0.213. The number of thiocarbonyl (C=S) groups is 1. The SMILES string of the molecule is CC[NH+]1CCC[C@@H]1CNC(=S)Nc1ccc(C)c(F)c1. The van der Waals surface area contributed by atoms with Gasteiger partial charge in [-0.05, 0) is 43.8 Å². The van der Waals surface area contributed by atoms with E-state index in [1.165, 1.54) is 25.5 Å². The van der Waals surface area contributed by atoms with Gasteiger partial charge in [-0.3, -0.25) is 0 Å². The standard InChI is InChI=1S/C15H22FN3S/c1-3-19-8-4-5-13(19)10-17-15(20)18-12-7-6-11(2)14(16)9-12/h6-7,9,13H,3-5,8,10H2,1-2H3,(H2,17,18,20)/p+1/t13-/m1/s1. The minimum absolute atomic E-state index is 0.213. The lowest BCUT2D eigenvalue weighted by molar-refractivity contribution is -0.909. The van der Waals surface area contributed by atoms with Crippen LogP contribution in [-0.2, 0) is 0 Å². The molecule has 3 nitrogen and oxygen atoms in total. The van der Waals surface area contributed by atoms with Gasteiger partial charge in [-0.1, -0.05) is 6.07 Å². The fourth-order valence-electron chi connectivity index (χ4n) is 2.76. The monoisotopic (exact) mass is 296 g/mol. The highest BCUT2D eigenvalue weighted by molar-refractivity contribution is 7.80. The summed E-state index contributed by atoms with van der Waals surface area (Å²) in [5.41, 5.74) is 1.33. The molecule has 0 spiro atoms. The molecule has 1 aliphatic rings. The number of likely N-dealkylation sites (tertiary alicyclic amines) is 1. The fraction of sp³-hybridized carbons (Fsp3) is 0.533.